The monoisotopic (exact) mass is 254 g/mol. The summed E-state index contributed by atoms with van der Waals surface area (Å²) in [4.78, 5) is 3.19. The van der Waals surface area contributed by atoms with Crippen molar-refractivity contribution in [2.24, 2.45) is 0 Å². The first kappa shape index (κ1) is 12.1. The molecule has 48 valence electrons. The van der Waals surface area contributed by atoms with Gasteiger partial charge in [-0.1, -0.05) is 6.20 Å². The van der Waals surface area contributed by atoms with Gasteiger partial charge in [0.15, 0.2) is 0 Å². The SMILES string of the molecule is Fc1ccc[c-]n1.[NH2-].[Nd]. The van der Waals surface area contributed by atoms with Crippen LogP contribution in [0.15, 0.2) is 18.2 Å². The Morgan fingerprint density at radius 2 is 2.22 bits per heavy atom. The molecule has 0 unspecified atom stereocenters. The summed E-state index contributed by atoms with van der Waals surface area (Å²) in [6, 6.07) is 4.36. The van der Waals surface area contributed by atoms with E-state index in [1.165, 1.54) is 6.07 Å². The molecule has 9 heavy (non-hydrogen) atoms. The van der Waals surface area contributed by atoms with Gasteiger partial charge in [-0.25, -0.2) is 0 Å². The molecule has 0 saturated heterocycles. The van der Waals surface area contributed by atoms with Crippen LogP contribution in [0, 0.1) is 53.0 Å². The standard InChI is InChI=1S/C5H3FN.H2N.Nd/c6-5-3-1-2-4-7-5;;/h1-3H;1H2;/q2*-1;. The topological polar surface area (TPSA) is 46.4 Å². The molecule has 0 spiro atoms. The van der Waals surface area contributed by atoms with Crippen molar-refractivity contribution in [3.05, 3.63) is 36.5 Å². The van der Waals surface area contributed by atoms with Gasteiger partial charge in [-0.3, -0.25) is 4.39 Å². The van der Waals surface area contributed by atoms with Gasteiger partial charge in [-0.15, -0.1) is 6.07 Å². The fraction of sp³-hybridized carbons (Fsp3) is 0. The maximum absolute atomic E-state index is 11.8. The number of hydrogen-bond donors (Lipinski definition) is 0. The maximum atomic E-state index is 11.8. The summed E-state index contributed by atoms with van der Waals surface area (Å²) in [6.07, 6.45) is 2.34. The average molecular weight is 256 g/mol. The Morgan fingerprint density at radius 1 is 1.56 bits per heavy atom. The molecule has 0 aliphatic rings. The van der Waals surface area contributed by atoms with Crippen molar-refractivity contribution in [1.82, 2.24) is 4.98 Å². The van der Waals surface area contributed by atoms with Gasteiger partial charge in [-0.05, 0) is 0 Å². The van der Waals surface area contributed by atoms with Gasteiger partial charge in [0.2, 0.25) is 0 Å². The molecular weight excluding hydrogens is 251 g/mol. The van der Waals surface area contributed by atoms with Gasteiger partial charge < -0.3 is 11.1 Å². The van der Waals surface area contributed by atoms with E-state index in [2.05, 4.69) is 11.2 Å². The molecular formula is C5H5FN2Nd-2. The molecule has 0 bridgehead atoms. The minimum Gasteiger partial charge on any atom is -0.693 e. The van der Waals surface area contributed by atoms with Crippen molar-refractivity contribution in [1.29, 1.82) is 0 Å². The molecule has 0 amide bonds. The fourth-order valence-corrected chi connectivity index (χ4v) is 0.307. The molecule has 2 N–H and O–H groups in total. The van der Waals surface area contributed by atoms with Crippen molar-refractivity contribution < 1.29 is 45.2 Å². The number of halogens is 1. The van der Waals surface area contributed by atoms with E-state index in [0.717, 1.165) is 0 Å². The van der Waals surface area contributed by atoms with Crippen molar-refractivity contribution in [2.75, 3.05) is 0 Å². The molecule has 0 radical (unpaired) electrons. The summed E-state index contributed by atoms with van der Waals surface area (Å²) in [7, 11) is 0. The minimum absolute atomic E-state index is 0. The number of nitrogens with two attached hydrogens (primary N) is 1. The first-order chi connectivity index (χ1) is 3.39. The first-order valence-electron chi connectivity index (χ1n) is 1.88. The van der Waals surface area contributed by atoms with Crippen LogP contribution in [0.5, 0.6) is 0 Å². The summed E-state index contributed by atoms with van der Waals surface area (Å²) < 4.78 is 11.8. The van der Waals surface area contributed by atoms with Crippen LogP contribution in [0.4, 0.5) is 4.39 Å². The number of nitrogens with zero attached hydrogens (tertiary/aromatic N) is 1. The van der Waals surface area contributed by atoms with Crippen molar-refractivity contribution in [2.45, 2.75) is 0 Å². The summed E-state index contributed by atoms with van der Waals surface area (Å²) in [6.45, 7) is 0. The molecule has 0 saturated carbocycles. The van der Waals surface area contributed by atoms with Gasteiger partial charge in [-0.2, -0.15) is 12.1 Å². The predicted octanol–water partition coefficient (Wildman–Crippen LogP) is 1.74. The normalized spacial score (nSPS) is 6.78. The third-order valence-corrected chi connectivity index (χ3v) is 0.576. The Hall–Kier alpha value is 0.391. The average Bonchev–Trinajstić information content (AvgIpc) is 1.69. The van der Waals surface area contributed by atoms with Gasteiger partial charge in [0.1, 0.15) is 0 Å². The zero-order valence-electron chi connectivity index (χ0n) is 4.63. The van der Waals surface area contributed by atoms with E-state index in [9.17, 15) is 4.39 Å². The zero-order valence-corrected chi connectivity index (χ0v) is 7.84. The minimum atomic E-state index is -0.484. The van der Waals surface area contributed by atoms with E-state index in [1.54, 1.807) is 12.1 Å². The molecule has 0 atom stereocenters. The van der Waals surface area contributed by atoms with E-state index in [0.29, 0.717) is 0 Å². The van der Waals surface area contributed by atoms with E-state index in [4.69, 9.17) is 0 Å². The van der Waals surface area contributed by atoms with Gasteiger partial charge >= 0.3 is 0 Å². The van der Waals surface area contributed by atoms with Crippen LogP contribution < -0.4 is 0 Å². The molecule has 1 aromatic rings. The second kappa shape index (κ2) is 6.51. The zero-order chi connectivity index (χ0) is 5.11. The number of aromatic nitrogens is 1. The third-order valence-electron chi connectivity index (χ3n) is 0.576. The van der Waals surface area contributed by atoms with Crippen molar-refractivity contribution in [3.63, 3.8) is 0 Å². The Balaban J connectivity index is 0. The van der Waals surface area contributed by atoms with Crippen LogP contribution in [0.1, 0.15) is 0 Å². The first-order valence-corrected chi connectivity index (χ1v) is 1.88. The van der Waals surface area contributed by atoms with Crippen LogP contribution in [-0.4, -0.2) is 4.98 Å². The predicted molar refractivity (Wildman–Crippen MR) is 28.3 cm³/mol. The number of hydrogen-bond acceptors (Lipinski definition) is 1. The van der Waals surface area contributed by atoms with Crippen LogP contribution in [0.2, 0.25) is 0 Å². The Kier molecular flexibility index (Phi) is 8.75. The van der Waals surface area contributed by atoms with Crippen LogP contribution in [-0.2, 0) is 0 Å². The second-order valence-corrected chi connectivity index (χ2v) is 1.09. The second-order valence-electron chi connectivity index (χ2n) is 1.09. The Labute approximate surface area is 86.0 Å². The molecule has 1 aromatic heterocycles. The molecule has 0 fully saturated rings. The van der Waals surface area contributed by atoms with Crippen LogP contribution >= 0.6 is 0 Å². The molecule has 0 aliphatic carbocycles. The molecule has 0 aliphatic heterocycles. The van der Waals surface area contributed by atoms with Crippen LogP contribution in [0.3, 0.4) is 0 Å². The summed E-state index contributed by atoms with van der Waals surface area (Å²) >= 11 is 0. The molecule has 1 heterocycles. The van der Waals surface area contributed by atoms with E-state index in [-0.39, 0.29) is 47.0 Å². The van der Waals surface area contributed by atoms with Gasteiger partial charge in [0.25, 0.3) is 0 Å². The van der Waals surface area contributed by atoms with Crippen molar-refractivity contribution in [3.8, 4) is 0 Å². The summed E-state index contributed by atoms with van der Waals surface area (Å²) in [5.74, 6) is -0.484. The quantitative estimate of drug-likeness (QED) is 0.515. The van der Waals surface area contributed by atoms with E-state index >= 15 is 0 Å². The number of pyridine rings is 1. The van der Waals surface area contributed by atoms with E-state index < -0.39 is 5.95 Å². The fourth-order valence-electron chi connectivity index (χ4n) is 0.307. The largest absolute Gasteiger partial charge is 0.693 e. The van der Waals surface area contributed by atoms with Gasteiger partial charge in [0.05, 0.1) is 5.95 Å². The van der Waals surface area contributed by atoms with Crippen molar-refractivity contribution >= 4 is 0 Å². The molecule has 4 heteroatoms. The third kappa shape index (κ3) is 4.87. The summed E-state index contributed by atoms with van der Waals surface area (Å²) in [5, 5.41) is 0. The Bertz CT molecular complexity index is 145. The smallest absolute Gasteiger partial charge is 0.0956 e. The van der Waals surface area contributed by atoms with Gasteiger partial charge in [0, 0.05) is 40.8 Å². The van der Waals surface area contributed by atoms with E-state index in [1.807, 2.05) is 0 Å². The number of rotatable bonds is 0. The molecule has 1 rings (SSSR count). The Morgan fingerprint density at radius 3 is 2.44 bits per heavy atom. The maximum Gasteiger partial charge on any atom is 0.0956 e. The molecule has 2 nitrogen and oxygen atoms in total. The summed E-state index contributed by atoms with van der Waals surface area (Å²) in [5.41, 5.74) is 0. The molecule has 0 aromatic carbocycles. The van der Waals surface area contributed by atoms with Crippen LogP contribution in [0.25, 0.3) is 6.15 Å².